The molecule has 3 heteroatoms. The Labute approximate surface area is 118 Å². The fourth-order valence-electron chi connectivity index (χ4n) is 2.10. The van der Waals surface area contributed by atoms with Crippen LogP contribution in [0.15, 0.2) is 65.2 Å². The Bertz CT molecular complexity index is 685. The topological polar surface area (TPSA) is 52.0 Å². The number of nitrogens with two attached hydrogens (primary N) is 1. The predicted octanol–water partition coefficient (Wildman–Crippen LogP) is 4.03. The molecule has 20 heavy (non-hydrogen) atoms. The highest BCUT2D eigenvalue weighted by atomic mass is 16.5. The van der Waals surface area contributed by atoms with Gasteiger partial charge in [0.2, 0.25) is 0 Å². The van der Waals surface area contributed by atoms with Gasteiger partial charge in [-0.2, -0.15) is 0 Å². The lowest BCUT2D eigenvalue weighted by molar-refractivity contribution is 0.369. The normalized spacial score (nSPS) is 12.3. The molecule has 0 fully saturated rings. The minimum absolute atomic E-state index is 0.139. The second-order valence-electron chi connectivity index (χ2n) is 4.85. The number of aromatic nitrogens is 1. The van der Waals surface area contributed by atoms with Crippen LogP contribution in [0.3, 0.4) is 0 Å². The summed E-state index contributed by atoms with van der Waals surface area (Å²) in [6.07, 6.45) is 0. The number of rotatable bonds is 3. The molecular formula is C17H16N2O. The monoisotopic (exact) mass is 264 g/mol. The average Bonchev–Trinajstić information content (AvgIpc) is 2.98. The summed E-state index contributed by atoms with van der Waals surface area (Å²) in [5.41, 5.74) is 10.0. The van der Waals surface area contributed by atoms with Gasteiger partial charge in [0.25, 0.3) is 0 Å². The van der Waals surface area contributed by atoms with Crippen molar-refractivity contribution in [3.63, 3.8) is 0 Å². The summed E-state index contributed by atoms with van der Waals surface area (Å²) in [6, 6.07) is 20.3. The van der Waals surface area contributed by atoms with E-state index in [1.165, 1.54) is 11.1 Å². The molecule has 0 aliphatic rings. The summed E-state index contributed by atoms with van der Waals surface area (Å²) < 4.78 is 5.22. The molecular weight excluding hydrogens is 248 g/mol. The highest BCUT2D eigenvalue weighted by Crippen LogP contribution is 2.25. The molecule has 0 amide bonds. The van der Waals surface area contributed by atoms with Crippen molar-refractivity contribution in [3.05, 3.63) is 66.4 Å². The fraction of sp³-hybridized carbons (Fsp3) is 0.118. The highest BCUT2D eigenvalue weighted by Gasteiger charge is 2.09. The van der Waals surface area contributed by atoms with Crippen molar-refractivity contribution in [1.29, 1.82) is 0 Å². The molecule has 0 spiro atoms. The van der Waals surface area contributed by atoms with E-state index in [2.05, 4.69) is 29.4 Å². The van der Waals surface area contributed by atoms with Crippen LogP contribution in [0, 0.1) is 0 Å². The van der Waals surface area contributed by atoms with Crippen LogP contribution in [0.5, 0.6) is 0 Å². The van der Waals surface area contributed by atoms with E-state index in [-0.39, 0.29) is 6.04 Å². The first-order valence-electron chi connectivity index (χ1n) is 6.62. The molecule has 0 saturated heterocycles. The molecule has 3 nitrogen and oxygen atoms in total. The molecule has 0 saturated carbocycles. The van der Waals surface area contributed by atoms with Gasteiger partial charge in [-0.05, 0) is 18.1 Å². The van der Waals surface area contributed by atoms with Gasteiger partial charge in [-0.25, -0.2) is 0 Å². The molecule has 0 bridgehead atoms. The van der Waals surface area contributed by atoms with Crippen molar-refractivity contribution in [3.8, 4) is 22.4 Å². The van der Waals surface area contributed by atoms with Crippen LogP contribution >= 0.6 is 0 Å². The highest BCUT2D eigenvalue weighted by molar-refractivity contribution is 5.68. The minimum Gasteiger partial charge on any atom is -0.359 e. The van der Waals surface area contributed by atoms with Gasteiger partial charge in [0.1, 0.15) is 5.69 Å². The Kier molecular flexibility index (Phi) is 3.35. The van der Waals surface area contributed by atoms with E-state index in [9.17, 15) is 0 Å². The van der Waals surface area contributed by atoms with Crippen molar-refractivity contribution >= 4 is 0 Å². The van der Waals surface area contributed by atoms with Gasteiger partial charge in [0, 0.05) is 11.6 Å². The number of hydrogen-bond donors (Lipinski definition) is 1. The van der Waals surface area contributed by atoms with E-state index in [0.717, 1.165) is 11.3 Å². The Hall–Kier alpha value is -2.39. The molecule has 1 atom stereocenters. The summed E-state index contributed by atoms with van der Waals surface area (Å²) in [7, 11) is 0. The van der Waals surface area contributed by atoms with E-state index < -0.39 is 0 Å². The summed E-state index contributed by atoms with van der Waals surface area (Å²) in [4.78, 5) is 0. The largest absolute Gasteiger partial charge is 0.359 e. The second kappa shape index (κ2) is 5.31. The third-order valence-corrected chi connectivity index (χ3v) is 3.26. The van der Waals surface area contributed by atoms with Crippen LogP contribution in [-0.2, 0) is 0 Å². The molecule has 2 N–H and O–H groups in total. The zero-order chi connectivity index (χ0) is 13.9. The first kappa shape index (κ1) is 12.6. The Balaban J connectivity index is 1.89. The fourth-order valence-corrected chi connectivity index (χ4v) is 2.10. The lowest BCUT2D eigenvalue weighted by Gasteiger charge is -2.02. The Morgan fingerprint density at radius 2 is 1.50 bits per heavy atom. The quantitative estimate of drug-likeness (QED) is 0.777. The van der Waals surface area contributed by atoms with Crippen molar-refractivity contribution < 1.29 is 4.52 Å². The summed E-state index contributed by atoms with van der Waals surface area (Å²) in [6.45, 7) is 1.88. The van der Waals surface area contributed by atoms with Crippen molar-refractivity contribution in [1.82, 2.24) is 5.16 Å². The number of hydrogen-bond acceptors (Lipinski definition) is 3. The predicted molar refractivity (Wildman–Crippen MR) is 80.0 cm³/mol. The molecule has 0 radical (unpaired) electrons. The van der Waals surface area contributed by atoms with Gasteiger partial charge in [-0.15, -0.1) is 0 Å². The molecule has 100 valence electrons. The molecule has 2 aromatic carbocycles. The molecule has 1 heterocycles. The lowest BCUT2D eigenvalue weighted by Crippen LogP contribution is -2.02. The van der Waals surface area contributed by atoms with Crippen molar-refractivity contribution in [2.75, 3.05) is 0 Å². The smallest absolute Gasteiger partial charge is 0.153 e. The molecule has 0 aliphatic carbocycles. The van der Waals surface area contributed by atoms with E-state index in [1.54, 1.807) is 0 Å². The van der Waals surface area contributed by atoms with Gasteiger partial charge in [0.15, 0.2) is 5.76 Å². The van der Waals surface area contributed by atoms with Crippen LogP contribution in [-0.4, -0.2) is 5.16 Å². The van der Waals surface area contributed by atoms with Crippen LogP contribution < -0.4 is 5.73 Å². The maximum atomic E-state index is 5.77. The Morgan fingerprint density at radius 3 is 2.10 bits per heavy atom. The van der Waals surface area contributed by atoms with E-state index in [0.29, 0.717) is 5.76 Å². The van der Waals surface area contributed by atoms with E-state index >= 15 is 0 Å². The standard InChI is InChI=1S/C17H16N2O/c1-12(18)17-11-16(19-20-17)15-9-7-14(8-10-15)13-5-3-2-4-6-13/h2-12H,18H2,1H3. The lowest BCUT2D eigenvalue weighted by atomic mass is 10.0. The second-order valence-corrected chi connectivity index (χ2v) is 4.85. The van der Waals surface area contributed by atoms with Crippen molar-refractivity contribution in [2.24, 2.45) is 5.73 Å². The zero-order valence-electron chi connectivity index (χ0n) is 11.3. The number of nitrogens with zero attached hydrogens (tertiary/aromatic N) is 1. The number of benzene rings is 2. The first-order valence-corrected chi connectivity index (χ1v) is 6.62. The summed E-state index contributed by atoms with van der Waals surface area (Å²) in [5.74, 6) is 0.701. The molecule has 1 unspecified atom stereocenters. The first-order chi connectivity index (χ1) is 9.74. The van der Waals surface area contributed by atoms with Crippen molar-refractivity contribution in [2.45, 2.75) is 13.0 Å². The average molecular weight is 264 g/mol. The molecule has 3 aromatic rings. The van der Waals surface area contributed by atoms with E-state index in [1.807, 2.05) is 43.3 Å². The van der Waals surface area contributed by atoms with Crippen LogP contribution in [0.1, 0.15) is 18.7 Å². The van der Waals surface area contributed by atoms with Gasteiger partial charge in [0.05, 0.1) is 6.04 Å². The SMILES string of the molecule is CC(N)c1cc(-c2ccc(-c3ccccc3)cc2)no1. The van der Waals surface area contributed by atoms with Gasteiger partial charge in [-0.1, -0.05) is 59.8 Å². The van der Waals surface area contributed by atoms with Crippen LogP contribution in [0.4, 0.5) is 0 Å². The maximum absolute atomic E-state index is 5.77. The molecule has 0 aliphatic heterocycles. The maximum Gasteiger partial charge on any atom is 0.153 e. The van der Waals surface area contributed by atoms with Crippen LogP contribution in [0.25, 0.3) is 22.4 Å². The summed E-state index contributed by atoms with van der Waals surface area (Å²) in [5, 5.41) is 4.06. The van der Waals surface area contributed by atoms with Gasteiger partial charge < -0.3 is 10.3 Å². The summed E-state index contributed by atoms with van der Waals surface area (Å²) >= 11 is 0. The van der Waals surface area contributed by atoms with Crippen LogP contribution in [0.2, 0.25) is 0 Å². The Morgan fingerprint density at radius 1 is 0.900 bits per heavy atom. The minimum atomic E-state index is -0.139. The third-order valence-electron chi connectivity index (χ3n) is 3.26. The third kappa shape index (κ3) is 2.49. The van der Waals surface area contributed by atoms with Gasteiger partial charge in [-0.3, -0.25) is 0 Å². The van der Waals surface area contributed by atoms with E-state index in [4.69, 9.17) is 10.3 Å². The zero-order valence-corrected chi connectivity index (χ0v) is 11.3. The molecule has 1 aromatic heterocycles. The van der Waals surface area contributed by atoms with Gasteiger partial charge >= 0.3 is 0 Å². The molecule has 3 rings (SSSR count).